The zero-order valence-electron chi connectivity index (χ0n) is 8.43. The quantitative estimate of drug-likeness (QED) is 0.822. The van der Waals surface area contributed by atoms with Gasteiger partial charge in [0.05, 0.1) is 23.4 Å². The van der Waals surface area contributed by atoms with Crippen LogP contribution in [-0.2, 0) is 0 Å². The Hall–Kier alpha value is -1.67. The van der Waals surface area contributed by atoms with Gasteiger partial charge in [0.15, 0.2) is 11.6 Å². The summed E-state index contributed by atoms with van der Waals surface area (Å²) in [5, 5.41) is 20.3. The fourth-order valence-electron chi connectivity index (χ4n) is 1.49. The highest BCUT2D eigenvalue weighted by molar-refractivity contribution is 5.52. The van der Waals surface area contributed by atoms with Gasteiger partial charge >= 0.3 is 0 Å². The zero-order valence-corrected chi connectivity index (χ0v) is 8.43. The maximum Gasteiger partial charge on any atom is 0.183 e. The number of nitrogens with zero attached hydrogens (tertiary/aromatic N) is 1. The second kappa shape index (κ2) is 3.72. The van der Waals surface area contributed by atoms with Gasteiger partial charge in [-0.05, 0) is 25.0 Å². The van der Waals surface area contributed by atoms with E-state index in [9.17, 15) is 8.78 Å². The standard InChI is InChI=1S/C11H10F2N2O/c12-9-7(5-14)1-2-8(10(9)13)15-11(6-16)3-4-11/h1-2,15-16H,3-4,6H2. The minimum absolute atomic E-state index is 0.0111. The number of hydrogen-bond donors (Lipinski definition) is 2. The Balaban J connectivity index is 2.30. The summed E-state index contributed by atoms with van der Waals surface area (Å²) in [5.74, 6) is -2.22. The highest BCUT2D eigenvalue weighted by Gasteiger charge is 2.42. The average molecular weight is 224 g/mol. The number of nitriles is 1. The van der Waals surface area contributed by atoms with E-state index in [1.165, 1.54) is 12.1 Å². The molecule has 1 aromatic rings. The van der Waals surface area contributed by atoms with Crippen LogP contribution in [0.15, 0.2) is 12.1 Å². The predicted molar refractivity (Wildman–Crippen MR) is 53.7 cm³/mol. The summed E-state index contributed by atoms with van der Waals surface area (Å²) >= 11 is 0. The van der Waals surface area contributed by atoms with E-state index in [0.29, 0.717) is 0 Å². The van der Waals surface area contributed by atoms with Crippen molar-refractivity contribution >= 4 is 5.69 Å². The molecule has 1 saturated carbocycles. The summed E-state index contributed by atoms with van der Waals surface area (Å²) in [4.78, 5) is 0. The number of benzene rings is 1. The Bertz CT molecular complexity index is 464. The van der Waals surface area contributed by atoms with E-state index in [0.717, 1.165) is 12.8 Å². The smallest absolute Gasteiger partial charge is 0.183 e. The Morgan fingerprint density at radius 3 is 2.56 bits per heavy atom. The molecule has 5 heteroatoms. The molecular weight excluding hydrogens is 214 g/mol. The number of hydrogen-bond acceptors (Lipinski definition) is 3. The van der Waals surface area contributed by atoms with Crippen LogP contribution in [0, 0.1) is 23.0 Å². The van der Waals surface area contributed by atoms with E-state index in [1.54, 1.807) is 6.07 Å². The van der Waals surface area contributed by atoms with Crippen molar-refractivity contribution in [2.24, 2.45) is 0 Å². The number of aliphatic hydroxyl groups is 1. The third-order valence-corrected chi connectivity index (χ3v) is 2.76. The SMILES string of the molecule is N#Cc1ccc(NC2(CO)CC2)c(F)c1F. The topological polar surface area (TPSA) is 56.0 Å². The second-order valence-corrected chi connectivity index (χ2v) is 3.96. The maximum absolute atomic E-state index is 13.5. The predicted octanol–water partition coefficient (Wildman–Crippen LogP) is 1.77. The molecule has 16 heavy (non-hydrogen) atoms. The second-order valence-electron chi connectivity index (χ2n) is 3.96. The lowest BCUT2D eigenvalue weighted by Crippen LogP contribution is -2.26. The van der Waals surface area contributed by atoms with Crippen molar-refractivity contribution in [3.8, 4) is 6.07 Å². The van der Waals surface area contributed by atoms with E-state index in [-0.39, 0.29) is 17.9 Å². The van der Waals surface area contributed by atoms with E-state index in [4.69, 9.17) is 10.4 Å². The molecule has 0 bridgehead atoms. The number of nitrogens with one attached hydrogen (secondary N) is 1. The molecule has 2 N–H and O–H groups in total. The van der Waals surface area contributed by atoms with Crippen LogP contribution in [0.25, 0.3) is 0 Å². The van der Waals surface area contributed by atoms with Crippen molar-refractivity contribution in [1.82, 2.24) is 0 Å². The van der Waals surface area contributed by atoms with Crippen LogP contribution in [0.4, 0.5) is 14.5 Å². The Labute approximate surface area is 91.3 Å². The third-order valence-electron chi connectivity index (χ3n) is 2.76. The van der Waals surface area contributed by atoms with E-state index < -0.39 is 17.2 Å². The Morgan fingerprint density at radius 1 is 1.38 bits per heavy atom. The third kappa shape index (κ3) is 1.72. The minimum atomic E-state index is -1.15. The first-order chi connectivity index (χ1) is 7.62. The number of aliphatic hydroxyl groups excluding tert-OH is 1. The molecule has 0 aliphatic heterocycles. The first-order valence-corrected chi connectivity index (χ1v) is 4.89. The molecule has 1 aliphatic rings. The van der Waals surface area contributed by atoms with Gasteiger partial charge in [0.1, 0.15) is 6.07 Å². The van der Waals surface area contributed by atoms with Gasteiger partial charge in [-0.3, -0.25) is 0 Å². The van der Waals surface area contributed by atoms with Crippen molar-refractivity contribution in [3.05, 3.63) is 29.3 Å². The van der Waals surface area contributed by atoms with Crippen LogP contribution in [0.5, 0.6) is 0 Å². The van der Waals surface area contributed by atoms with Gasteiger partial charge in [0.25, 0.3) is 0 Å². The Kier molecular flexibility index (Phi) is 2.52. The van der Waals surface area contributed by atoms with E-state index in [1.807, 2.05) is 0 Å². The normalized spacial score (nSPS) is 16.6. The molecule has 1 aromatic carbocycles. The highest BCUT2D eigenvalue weighted by atomic mass is 19.2. The van der Waals surface area contributed by atoms with Crippen LogP contribution in [-0.4, -0.2) is 17.3 Å². The molecule has 3 nitrogen and oxygen atoms in total. The maximum atomic E-state index is 13.5. The van der Waals surface area contributed by atoms with Gasteiger partial charge in [-0.2, -0.15) is 5.26 Å². The molecule has 1 aliphatic carbocycles. The first kappa shape index (κ1) is 10.8. The van der Waals surface area contributed by atoms with Crippen molar-refractivity contribution in [2.45, 2.75) is 18.4 Å². The summed E-state index contributed by atoms with van der Waals surface area (Å²) in [6.07, 6.45) is 1.45. The van der Waals surface area contributed by atoms with Gasteiger partial charge < -0.3 is 10.4 Å². The van der Waals surface area contributed by atoms with Gasteiger partial charge in [0.2, 0.25) is 0 Å². The van der Waals surface area contributed by atoms with Gasteiger partial charge in [-0.1, -0.05) is 0 Å². The molecule has 0 unspecified atom stereocenters. The van der Waals surface area contributed by atoms with Crippen LogP contribution < -0.4 is 5.32 Å². The largest absolute Gasteiger partial charge is 0.394 e. The first-order valence-electron chi connectivity index (χ1n) is 4.89. The average Bonchev–Trinajstić information content (AvgIpc) is 3.06. The van der Waals surface area contributed by atoms with Crippen molar-refractivity contribution < 1.29 is 13.9 Å². The fourth-order valence-corrected chi connectivity index (χ4v) is 1.49. The molecule has 1 fully saturated rings. The summed E-state index contributed by atoms with van der Waals surface area (Å²) in [6.45, 7) is -0.117. The fraction of sp³-hybridized carbons (Fsp3) is 0.364. The molecule has 0 aromatic heterocycles. The lowest BCUT2D eigenvalue weighted by atomic mass is 10.1. The molecule has 0 radical (unpaired) electrons. The van der Waals surface area contributed by atoms with Gasteiger partial charge in [-0.15, -0.1) is 0 Å². The molecule has 2 rings (SSSR count). The summed E-state index contributed by atoms with van der Waals surface area (Å²) in [7, 11) is 0. The number of rotatable bonds is 3. The van der Waals surface area contributed by atoms with Crippen molar-refractivity contribution in [2.75, 3.05) is 11.9 Å². The van der Waals surface area contributed by atoms with E-state index in [2.05, 4.69) is 5.32 Å². The summed E-state index contributed by atoms with van der Waals surface area (Å²) in [5.41, 5.74) is -0.846. The zero-order chi connectivity index (χ0) is 11.8. The molecule has 0 saturated heterocycles. The van der Waals surface area contributed by atoms with Gasteiger partial charge in [-0.25, -0.2) is 8.78 Å². The molecule has 0 heterocycles. The molecule has 0 amide bonds. The van der Waals surface area contributed by atoms with Gasteiger partial charge in [0, 0.05) is 0 Å². The van der Waals surface area contributed by atoms with Crippen LogP contribution in [0.2, 0.25) is 0 Å². The molecule has 0 atom stereocenters. The number of anilines is 1. The summed E-state index contributed by atoms with van der Waals surface area (Å²) in [6, 6.07) is 4.09. The molecule has 84 valence electrons. The van der Waals surface area contributed by atoms with E-state index >= 15 is 0 Å². The lowest BCUT2D eigenvalue weighted by molar-refractivity contribution is 0.266. The highest BCUT2D eigenvalue weighted by Crippen LogP contribution is 2.39. The minimum Gasteiger partial charge on any atom is -0.394 e. The lowest BCUT2D eigenvalue weighted by Gasteiger charge is -2.16. The molecule has 0 spiro atoms. The molecular formula is C11H10F2N2O. The van der Waals surface area contributed by atoms with Crippen LogP contribution >= 0.6 is 0 Å². The Morgan fingerprint density at radius 2 is 2.06 bits per heavy atom. The van der Waals surface area contributed by atoms with Crippen molar-refractivity contribution in [3.63, 3.8) is 0 Å². The number of halogens is 2. The van der Waals surface area contributed by atoms with Crippen molar-refractivity contribution in [1.29, 1.82) is 5.26 Å². The van der Waals surface area contributed by atoms with Crippen LogP contribution in [0.1, 0.15) is 18.4 Å². The summed E-state index contributed by atoms with van der Waals surface area (Å²) < 4.78 is 26.7. The monoisotopic (exact) mass is 224 g/mol. The van der Waals surface area contributed by atoms with Crippen LogP contribution in [0.3, 0.4) is 0 Å².